The predicted molar refractivity (Wildman–Crippen MR) is 54.7 cm³/mol. The zero-order valence-electron chi connectivity index (χ0n) is 8.53. The zero-order valence-corrected chi connectivity index (χ0v) is 8.53. The Labute approximate surface area is 84.5 Å². The summed E-state index contributed by atoms with van der Waals surface area (Å²) in [6, 6.07) is 0. The van der Waals surface area contributed by atoms with E-state index in [2.05, 4.69) is 5.32 Å². The summed E-state index contributed by atoms with van der Waals surface area (Å²) in [5, 5.41) is 2.82. The third kappa shape index (κ3) is 3.47. The first-order valence-corrected chi connectivity index (χ1v) is 4.98. The number of hydrogen-bond acceptors (Lipinski definition) is 3. The monoisotopic (exact) mass is 198 g/mol. The van der Waals surface area contributed by atoms with Crippen molar-refractivity contribution in [1.82, 2.24) is 5.32 Å². The van der Waals surface area contributed by atoms with Crippen LogP contribution >= 0.6 is 0 Å². The van der Waals surface area contributed by atoms with Crippen LogP contribution in [0.15, 0.2) is 12.2 Å². The molecule has 0 radical (unpaired) electrons. The maximum absolute atomic E-state index is 11.5. The van der Waals surface area contributed by atoms with Crippen LogP contribution in [0.2, 0.25) is 0 Å². The molecule has 0 aliphatic carbocycles. The second kappa shape index (κ2) is 5.78. The van der Waals surface area contributed by atoms with Crippen molar-refractivity contribution in [2.24, 2.45) is 11.7 Å². The Balaban J connectivity index is 2.18. The molecule has 2 unspecified atom stereocenters. The van der Waals surface area contributed by atoms with Crippen LogP contribution in [0.25, 0.3) is 0 Å². The molecular weight excluding hydrogens is 180 g/mol. The van der Waals surface area contributed by atoms with E-state index in [-0.39, 0.29) is 17.9 Å². The summed E-state index contributed by atoms with van der Waals surface area (Å²) in [5.41, 5.74) is 5.27. The normalized spacial score (nSPS) is 27.0. The minimum absolute atomic E-state index is 0.0243. The maximum atomic E-state index is 11.5. The Morgan fingerprint density at radius 2 is 2.43 bits per heavy atom. The van der Waals surface area contributed by atoms with Gasteiger partial charge in [-0.2, -0.15) is 0 Å². The van der Waals surface area contributed by atoms with Crippen LogP contribution in [0.1, 0.15) is 13.3 Å². The first-order valence-electron chi connectivity index (χ1n) is 4.98. The first-order chi connectivity index (χ1) is 6.74. The van der Waals surface area contributed by atoms with Gasteiger partial charge in [-0.25, -0.2) is 0 Å². The molecule has 1 saturated heterocycles. The highest BCUT2D eigenvalue weighted by atomic mass is 16.5. The van der Waals surface area contributed by atoms with Crippen molar-refractivity contribution in [2.45, 2.75) is 19.4 Å². The Hall–Kier alpha value is -0.870. The van der Waals surface area contributed by atoms with Crippen molar-refractivity contribution in [2.75, 3.05) is 19.7 Å². The fraction of sp³-hybridized carbons (Fsp3) is 0.700. The fourth-order valence-corrected chi connectivity index (χ4v) is 1.48. The van der Waals surface area contributed by atoms with Gasteiger partial charge in [0, 0.05) is 13.1 Å². The number of amides is 1. The van der Waals surface area contributed by atoms with Gasteiger partial charge in [-0.15, -0.1) is 0 Å². The van der Waals surface area contributed by atoms with E-state index in [1.54, 1.807) is 0 Å². The van der Waals surface area contributed by atoms with Gasteiger partial charge in [0.05, 0.1) is 18.6 Å². The summed E-state index contributed by atoms with van der Waals surface area (Å²) in [7, 11) is 0. The Bertz CT molecular complexity index is 216. The molecule has 4 heteroatoms. The topological polar surface area (TPSA) is 64.4 Å². The largest absolute Gasteiger partial charge is 0.378 e. The van der Waals surface area contributed by atoms with Crippen LogP contribution in [0.3, 0.4) is 0 Å². The molecule has 0 spiro atoms. The molecule has 0 aromatic heterocycles. The van der Waals surface area contributed by atoms with Crippen molar-refractivity contribution in [3.8, 4) is 0 Å². The lowest BCUT2D eigenvalue weighted by molar-refractivity contribution is -0.124. The fourth-order valence-electron chi connectivity index (χ4n) is 1.48. The Kier molecular flexibility index (Phi) is 4.62. The molecule has 1 amide bonds. The van der Waals surface area contributed by atoms with Crippen molar-refractivity contribution in [3.05, 3.63) is 12.2 Å². The lowest BCUT2D eigenvalue weighted by atomic mass is 10.1. The molecule has 14 heavy (non-hydrogen) atoms. The second-order valence-corrected chi connectivity index (χ2v) is 3.53. The van der Waals surface area contributed by atoms with Crippen molar-refractivity contribution in [1.29, 1.82) is 0 Å². The zero-order chi connectivity index (χ0) is 10.4. The first kappa shape index (κ1) is 11.2. The second-order valence-electron chi connectivity index (χ2n) is 3.53. The van der Waals surface area contributed by atoms with E-state index < -0.39 is 0 Å². The van der Waals surface area contributed by atoms with Crippen LogP contribution in [-0.2, 0) is 9.53 Å². The summed E-state index contributed by atoms with van der Waals surface area (Å²) < 4.78 is 5.32. The third-order valence-electron chi connectivity index (χ3n) is 2.27. The van der Waals surface area contributed by atoms with Crippen molar-refractivity contribution < 1.29 is 9.53 Å². The molecule has 4 nitrogen and oxygen atoms in total. The van der Waals surface area contributed by atoms with Gasteiger partial charge in [0.2, 0.25) is 5.91 Å². The van der Waals surface area contributed by atoms with E-state index >= 15 is 0 Å². The lowest BCUT2D eigenvalue weighted by Crippen LogP contribution is -2.31. The maximum Gasteiger partial charge on any atom is 0.225 e. The predicted octanol–water partition coefficient (Wildman–Crippen LogP) is 0.0425. The SMILES string of the molecule is CC1CC(C(=O)NC/C=C/CN)CO1. The lowest BCUT2D eigenvalue weighted by Gasteiger charge is -2.06. The molecule has 1 aliphatic rings. The van der Waals surface area contributed by atoms with E-state index in [0.29, 0.717) is 19.7 Å². The third-order valence-corrected chi connectivity index (χ3v) is 2.27. The molecule has 0 saturated carbocycles. The van der Waals surface area contributed by atoms with Gasteiger partial charge in [-0.05, 0) is 13.3 Å². The van der Waals surface area contributed by atoms with Crippen LogP contribution in [0, 0.1) is 5.92 Å². The number of hydrogen-bond donors (Lipinski definition) is 2. The molecule has 1 rings (SSSR count). The van der Waals surface area contributed by atoms with E-state index in [1.807, 2.05) is 19.1 Å². The molecule has 3 N–H and O–H groups in total. The summed E-state index contributed by atoms with van der Waals surface area (Å²) in [4.78, 5) is 11.5. The van der Waals surface area contributed by atoms with Gasteiger partial charge >= 0.3 is 0 Å². The van der Waals surface area contributed by atoms with Crippen molar-refractivity contribution >= 4 is 5.91 Å². The average molecular weight is 198 g/mol. The standard InChI is InChI=1S/C10H18N2O2/c1-8-6-9(7-14-8)10(13)12-5-3-2-4-11/h2-3,8-9H,4-7,11H2,1H3,(H,12,13)/b3-2+. The van der Waals surface area contributed by atoms with E-state index in [0.717, 1.165) is 6.42 Å². The van der Waals surface area contributed by atoms with Gasteiger partial charge in [0.25, 0.3) is 0 Å². The molecule has 2 atom stereocenters. The van der Waals surface area contributed by atoms with E-state index in [9.17, 15) is 4.79 Å². The minimum atomic E-state index is 0.0243. The smallest absolute Gasteiger partial charge is 0.225 e. The molecular formula is C10H18N2O2. The molecule has 1 aliphatic heterocycles. The van der Waals surface area contributed by atoms with Gasteiger partial charge in [-0.1, -0.05) is 12.2 Å². The van der Waals surface area contributed by atoms with Gasteiger partial charge < -0.3 is 15.8 Å². The molecule has 0 bridgehead atoms. The molecule has 1 fully saturated rings. The molecule has 0 aromatic carbocycles. The summed E-state index contributed by atoms with van der Waals surface area (Å²) in [6.07, 6.45) is 4.72. The molecule has 80 valence electrons. The number of nitrogens with one attached hydrogen (secondary N) is 1. The number of carbonyl (C=O) groups excluding carboxylic acids is 1. The average Bonchev–Trinajstić information content (AvgIpc) is 2.59. The number of carbonyl (C=O) groups is 1. The van der Waals surface area contributed by atoms with E-state index in [4.69, 9.17) is 10.5 Å². The van der Waals surface area contributed by atoms with E-state index in [1.165, 1.54) is 0 Å². The van der Waals surface area contributed by atoms with Crippen molar-refractivity contribution in [3.63, 3.8) is 0 Å². The highest BCUT2D eigenvalue weighted by molar-refractivity contribution is 5.79. The minimum Gasteiger partial charge on any atom is -0.378 e. The molecule has 0 aromatic rings. The summed E-state index contributed by atoms with van der Waals surface area (Å²) in [6.45, 7) is 3.61. The van der Waals surface area contributed by atoms with Gasteiger partial charge in [0.1, 0.15) is 0 Å². The summed E-state index contributed by atoms with van der Waals surface area (Å²) in [5.74, 6) is 0.104. The van der Waals surface area contributed by atoms with Crippen LogP contribution < -0.4 is 11.1 Å². The number of ether oxygens (including phenoxy) is 1. The number of nitrogens with two attached hydrogens (primary N) is 1. The Morgan fingerprint density at radius 3 is 3.00 bits per heavy atom. The van der Waals surface area contributed by atoms with Crippen LogP contribution in [0.5, 0.6) is 0 Å². The van der Waals surface area contributed by atoms with Crippen LogP contribution in [-0.4, -0.2) is 31.7 Å². The summed E-state index contributed by atoms with van der Waals surface area (Å²) >= 11 is 0. The van der Waals surface area contributed by atoms with Crippen LogP contribution in [0.4, 0.5) is 0 Å². The number of rotatable bonds is 4. The molecule has 1 heterocycles. The quantitative estimate of drug-likeness (QED) is 0.627. The van der Waals surface area contributed by atoms with Gasteiger partial charge in [-0.3, -0.25) is 4.79 Å². The van der Waals surface area contributed by atoms with Gasteiger partial charge in [0.15, 0.2) is 0 Å². The highest BCUT2D eigenvalue weighted by Crippen LogP contribution is 2.18. The Morgan fingerprint density at radius 1 is 1.64 bits per heavy atom. The highest BCUT2D eigenvalue weighted by Gasteiger charge is 2.27.